The van der Waals surface area contributed by atoms with Crippen LogP contribution in [0.1, 0.15) is 46.0 Å². The Morgan fingerprint density at radius 2 is 1.57 bits per heavy atom. The Labute approximate surface area is 315 Å². The lowest BCUT2D eigenvalue weighted by Crippen LogP contribution is -2.35. The maximum Gasteiger partial charge on any atom is 0.240 e. The van der Waals surface area contributed by atoms with Gasteiger partial charge < -0.3 is 35.9 Å². The van der Waals surface area contributed by atoms with Crippen molar-refractivity contribution in [2.75, 3.05) is 36.6 Å². The van der Waals surface area contributed by atoms with Gasteiger partial charge in [0.15, 0.2) is 23.1 Å². The molecule has 4 aromatic rings. The number of unbranched alkanes of at least 4 members (excludes halogenated alkanes) is 2. The molecule has 3 aromatic carbocycles. The van der Waals surface area contributed by atoms with Gasteiger partial charge in [0.25, 0.3) is 0 Å². The van der Waals surface area contributed by atoms with E-state index in [1.165, 1.54) is 49.7 Å². The van der Waals surface area contributed by atoms with Gasteiger partial charge in [-0.1, -0.05) is 25.6 Å². The molecule has 1 unspecified atom stereocenters. The first-order chi connectivity index (χ1) is 25.9. The molecule has 15 heteroatoms. The van der Waals surface area contributed by atoms with Crippen molar-refractivity contribution in [2.45, 2.75) is 52.0 Å². The van der Waals surface area contributed by atoms with E-state index in [2.05, 4.69) is 20.9 Å². The zero-order valence-electron chi connectivity index (χ0n) is 30.2. The number of nitrogens with one attached hydrogen (secondary N) is 3. The van der Waals surface area contributed by atoms with E-state index in [-0.39, 0.29) is 34.1 Å². The average Bonchev–Trinajstić information content (AvgIpc) is 3.97. The number of benzene rings is 3. The lowest BCUT2D eigenvalue weighted by atomic mass is 10.0. The topological polar surface area (TPSA) is 171 Å². The van der Waals surface area contributed by atoms with Crippen LogP contribution in [-0.4, -0.2) is 59.9 Å². The molecule has 0 aliphatic heterocycles. The summed E-state index contributed by atoms with van der Waals surface area (Å²) in [6.07, 6.45) is 4.40. The van der Waals surface area contributed by atoms with Gasteiger partial charge in [0.2, 0.25) is 22.8 Å². The highest BCUT2D eigenvalue weighted by atomic mass is 32.2. The number of halogens is 2. The Morgan fingerprint density at radius 3 is 2.24 bits per heavy atom. The van der Waals surface area contributed by atoms with Crippen LogP contribution in [0, 0.1) is 23.0 Å². The fourth-order valence-electron chi connectivity index (χ4n) is 5.36. The highest BCUT2D eigenvalue weighted by Gasteiger charge is 2.56. The fraction of sp³-hybridized carbons (Fsp3) is 0.359. The summed E-state index contributed by atoms with van der Waals surface area (Å²) in [4.78, 5) is 54.4. The Balaban J connectivity index is 1.11. The first-order valence-electron chi connectivity index (χ1n) is 17.5. The first kappa shape index (κ1) is 39.9. The number of pyridine rings is 1. The van der Waals surface area contributed by atoms with Gasteiger partial charge in [-0.25, -0.2) is 8.78 Å². The largest absolute Gasteiger partial charge is 0.493 e. The van der Waals surface area contributed by atoms with E-state index >= 15 is 4.39 Å². The molecule has 1 fully saturated rings. The number of hydrogen-bond acceptors (Lipinski definition) is 10. The second-order valence-electron chi connectivity index (χ2n) is 13.2. The van der Waals surface area contributed by atoms with Crippen molar-refractivity contribution in [3.8, 4) is 23.0 Å². The molecule has 5 N–H and O–H groups in total. The molecule has 1 aliphatic carbocycles. The Kier molecular flexibility index (Phi) is 13.4. The summed E-state index contributed by atoms with van der Waals surface area (Å²) in [6.45, 7) is 4.59. The summed E-state index contributed by atoms with van der Waals surface area (Å²) >= 11 is 0.935. The van der Waals surface area contributed by atoms with E-state index in [0.29, 0.717) is 66.3 Å². The van der Waals surface area contributed by atoms with Gasteiger partial charge in [0.05, 0.1) is 31.0 Å². The monoisotopic (exact) mass is 763 g/mol. The van der Waals surface area contributed by atoms with Gasteiger partial charge in [0.1, 0.15) is 17.0 Å². The van der Waals surface area contributed by atoms with Crippen LogP contribution in [0.15, 0.2) is 66.9 Å². The lowest BCUT2D eigenvalue weighted by molar-refractivity contribution is -0.131. The molecule has 1 atom stereocenters. The first-order valence-corrected chi connectivity index (χ1v) is 18.5. The van der Waals surface area contributed by atoms with E-state index in [1.807, 2.05) is 13.8 Å². The van der Waals surface area contributed by atoms with Gasteiger partial charge in [-0.15, -0.1) is 0 Å². The number of carbonyl (C=O) groups excluding carboxylic acids is 4. The lowest BCUT2D eigenvalue weighted by Gasteiger charge is -2.16. The van der Waals surface area contributed by atoms with Gasteiger partial charge >= 0.3 is 0 Å². The van der Waals surface area contributed by atoms with Crippen LogP contribution in [0.25, 0.3) is 10.9 Å². The Morgan fingerprint density at radius 1 is 0.870 bits per heavy atom. The number of thioether (sulfide) groups is 1. The van der Waals surface area contributed by atoms with Crippen LogP contribution < -0.4 is 35.9 Å². The normalized spacial score (nSPS) is 13.5. The van der Waals surface area contributed by atoms with Crippen molar-refractivity contribution in [3.05, 3.63) is 78.5 Å². The number of ether oxygens (including phenoxy) is 3. The summed E-state index contributed by atoms with van der Waals surface area (Å²) in [5.74, 6) is -1.35. The molecule has 0 bridgehead atoms. The fourth-order valence-corrected chi connectivity index (χ4v) is 6.20. The molecule has 1 heterocycles. The predicted molar refractivity (Wildman–Crippen MR) is 203 cm³/mol. The van der Waals surface area contributed by atoms with Crippen LogP contribution in [0.4, 0.5) is 20.2 Å². The van der Waals surface area contributed by atoms with Gasteiger partial charge in [-0.05, 0) is 86.6 Å². The van der Waals surface area contributed by atoms with E-state index in [9.17, 15) is 23.6 Å². The third-order valence-electron chi connectivity index (χ3n) is 8.85. The van der Waals surface area contributed by atoms with Crippen molar-refractivity contribution < 1.29 is 42.2 Å². The number of amides is 3. The summed E-state index contributed by atoms with van der Waals surface area (Å²) in [7, 11) is 1.50. The summed E-state index contributed by atoms with van der Waals surface area (Å²) in [5, 5.41) is 8.43. The SMILES string of the molecule is COc1cc2c(Oc3ccc(NC(=O)C4(C(=O)Nc5ccc(F)cc5)CC4)cc3F)ccnc2cc1OCCCCCNC(=O)CSC(=O)C(N)C(C)C. The summed E-state index contributed by atoms with van der Waals surface area (Å²) in [5.41, 5.74) is 5.55. The number of nitrogens with zero attached hydrogens (tertiary/aromatic N) is 1. The minimum atomic E-state index is -1.30. The number of hydrogen-bond donors (Lipinski definition) is 4. The van der Waals surface area contributed by atoms with Gasteiger partial charge in [0, 0.05) is 41.6 Å². The minimum absolute atomic E-state index is 0.0151. The zero-order valence-corrected chi connectivity index (χ0v) is 31.0. The maximum absolute atomic E-state index is 15.3. The number of rotatable bonds is 18. The van der Waals surface area contributed by atoms with Crippen LogP contribution in [-0.2, 0) is 19.2 Å². The molecule has 0 saturated heterocycles. The van der Waals surface area contributed by atoms with Crippen molar-refractivity contribution in [1.82, 2.24) is 10.3 Å². The van der Waals surface area contributed by atoms with Crippen LogP contribution in [0.2, 0.25) is 0 Å². The van der Waals surface area contributed by atoms with E-state index in [4.69, 9.17) is 19.9 Å². The maximum atomic E-state index is 15.3. The minimum Gasteiger partial charge on any atom is -0.493 e. The summed E-state index contributed by atoms with van der Waals surface area (Å²) < 4.78 is 46.0. The third kappa shape index (κ3) is 10.2. The Hall–Kier alpha value is -5.28. The van der Waals surface area contributed by atoms with E-state index in [1.54, 1.807) is 18.2 Å². The zero-order chi connectivity index (χ0) is 38.8. The van der Waals surface area contributed by atoms with Crippen molar-refractivity contribution >= 4 is 56.9 Å². The standard InChI is InChI=1S/C39H43F2N5O7S/c1-23(2)35(42)36(48)54-22-34(47)44-16-5-4-6-18-52-33-21-29-27(20-32(33)51-3)30(13-17-43-29)53-31-12-11-26(19-28(31)41)46-38(50)39(14-15-39)37(49)45-25-9-7-24(40)8-10-25/h7-13,17,19-21,23,35H,4-6,14-16,18,22,42H2,1-3H3,(H,44,47)(H,45,49)(H,46,50). The molecule has 1 aliphatic rings. The molecule has 286 valence electrons. The van der Waals surface area contributed by atoms with Crippen molar-refractivity contribution in [2.24, 2.45) is 17.1 Å². The second kappa shape index (κ2) is 18.2. The van der Waals surface area contributed by atoms with Gasteiger partial charge in [-0.3, -0.25) is 24.2 Å². The van der Waals surface area contributed by atoms with Crippen LogP contribution in [0.5, 0.6) is 23.0 Å². The predicted octanol–water partition coefficient (Wildman–Crippen LogP) is 6.58. The summed E-state index contributed by atoms with van der Waals surface area (Å²) in [6, 6.07) is 13.6. The van der Waals surface area contributed by atoms with Crippen molar-refractivity contribution in [3.63, 3.8) is 0 Å². The highest BCUT2D eigenvalue weighted by Crippen LogP contribution is 2.48. The average molecular weight is 764 g/mol. The number of anilines is 2. The quantitative estimate of drug-likeness (QED) is 0.0641. The van der Waals surface area contributed by atoms with Crippen LogP contribution >= 0.6 is 11.8 Å². The molecule has 5 rings (SSSR count). The number of methoxy groups -OCH3 is 1. The molecule has 1 saturated carbocycles. The van der Waals surface area contributed by atoms with E-state index < -0.39 is 34.9 Å². The molecule has 12 nitrogen and oxygen atoms in total. The molecular weight excluding hydrogens is 721 g/mol. The number of nitrogens with two attached hydrogens (primary N) is 1. The third-order valence-corrected chi connectivity index (χ3v) is 9.82. The van der Waals surface area contributed by atoms with Gasteiger partial charge in [-0.2, -0.15) is 0 Å². The van der Waals surface area contributed by atoms with Crippen molar-refractivity contribution in [1.29, 1.82) is 0 Å². The molecular formula is C39H43F2N5O7S. The molecule has 0 spiro atoms. The molecule has 0 radical (unpaired) electrons. The number of carbonyl (C=O) groups is 4. The van der Waals surface area contributed by atoms with Crippen LogP contribution in [0.3, 0.4) is 0 Å². The molecule has 1 aromatic heterocycles. The van der Waals surface area contributed by atoms with E-state index in [0.717, 1.165) is 30.7 Å². The number of aromatic nitrogens is 1. The molecule has 54 heavy (non-hydrogen) atoms. The molecule has 3 amide bonds. The second-order valence-corrected chi connectivity index (χ2v) is 14.2. The number of fused-ring (bicyclic) bond motifs is 1. The highest BCUT2D eigenvalue weighted by molar-refractivity contribution is 8.14. The Bertz CT molecular complexity index is 1990. The smallest absolute Gasteiger partial charge is 0.240 e.